The maximum atomic E-state index is 4.31. The Kier molecular flexibility index (Phi) is 4.34. The summed E-state index contributed by atoms with van der Waals surface area (Å²) in [7, 11) is 2.10. The zero-order chi connectivity index (χ0) is 11.4. The van der Waals surface area contributed by atoms with Crippen LogP contribution in [0, 0.1) is 3.57 Å². The van der Waals surface area contributed by atoms with E-state index in [-0.39, 0.29) is 0 Å². The van der Waals surface area contributed by atoms with Crippen molar-refractivity contribution < 1.29 is 0 Å². The van der Waals surface area contributed by atoms with Crippen LogP contribution in [0.15, 0.2) is 12.5 Å². The highest BCUT2D eigenvalue weighted by atomic mass is 127. The fourth-order valence-electron chi connectivity index (χ4n) is 1.99. The highest BCUT2D eigenvalue weighted by Gasteiger charge is 2.13. The zero-order valence-corrected chi connectivity index (χ0v) is 11.7. The van der Waals surface area contributed by atoms with E-state index in [4.69, 9.17) is 0 Å². The number of hydrogen-bond donors (Lipinski definition) is 0. The SMILES string of the molecule is CN(CCN1CCCC1)c1ncncc1I. The molecule has 2 heterocycles. The van der Waals surface area contributed by atoms with Gasteiger partial charge in [-0.3, -0.25) is 0 Å². The molecule has 2 rings (SSSR count). The van der Waals surface area contributed by atoms with Gasteiger partial charge in [0.25, 0.3) is 0 Å². The van der Waals surface area contributed by atoms with E-state index in [0.29, 0.717) is 0 Å². The van der Waals surface area contributed by atoms with E-state index >= 15 is 0 Å². The number of rotatable bonds is 4. The van der Waals surface area contributed by atoms with Crippen LogP contribution in [0.25, 0.3) is 0 Å². The van der Waals surface area contributed by atoms with Crippen LogP contribution in [0.4, 0.5) is 5.82 Å². The molecule has 1 aromatic rings. The molecule has 4 nitrogen and oxygen atoms in total. The van der Waals surface area contributed by atoms with Crippen LogP contribution < -0.4 is 4.90 Å². The predicted octanol–water partition coefficient (Wildman–Crippen LogP) is 1.61. The first kappa shape index (κ1) is 12.0. The van der Waals surface area contributed by atoms with E-state index in [1.807, 2.05) is 6.20 Å². The fourth-order valence-corrected chi connectivity index (χ4v) is 2.70. The lowest BCUT2D eigenvalue weighted by atomic mass is 10.4. The molecule has 1 fully saturated rings. The number of halogens is 1. The predicted molar refractivity (Wildman–Crippen MR) is 73.7 cm³/mol. The van der Waals surface area contributed by atoms with E-state index in [2.05, 4.69) is 49.4 Å². The molecule has 1 aliphatic rings. The summed E-state index contributed by atoms with van der Waals surface area (Å²) in [6, 6.07) is 0. The van der Waals surface area contributed by atoms with Crippen molar-refractivity contribution in [3.63, 3.8) is 0 Å². The Morgan fingerprint density at radius 2 is 2.19 bits per heavy atom. The van der Waals surface area contributed by atoms with Crippen LogP contribution in [0.2, 0.25) is 0 Å². The minimum absolute atomic E-state index is 1.03. The van der Waals surface area contributed by atoms with Crippen LogP contribution in [-0.4, -0.2) is 48.1 Å². The molecule has 1 saturated heterocycles. The molecule has 16 heavy (non-hydrogen) atoms. The number of likely N-dealkylation sites (N-methyl/N-ethyl adjacent to an activating group) is 1. The second-order valence-corrected chi connectivity index (χ2v) is 5.33. The molecular formula is C11H17IN4. The summed E-state index contributed by atoms with van der Waals surface area (Å²) in [5, 5.41) is 0. The Morgan fingerprint density at radius 3 is 2.88 bits per heavy atom. The maximum absolute atomic E-state index is 4.31. The topological polar surface area (TPSA) is 32.3 Å². The molecule has 0 atom stereocenters. The Bertz CT molecular complexity index is 339. The van der Waals surface area contributed by atoms with Gasteiger partial charge in [-0.15, -0.1) is 0 Å². The van der Waals surface area contributed by atoms with Crippen LogP contribution >= 0.6 is 22.6 Å². The Labute approximate surface area is 110 Å². The Hall–Kier alpha value is -0.430. The Balaban J connectivity index is 1.87. The van der Waals surface area contributed by atoms with Crippen LogP contribution in [0.5, 0.6) is 0 Å². The van der Waals surface area contributed by atoms with Gasteiger partial charge >= 0.3 is 0 Å². The summed E-state index contributed by atoms with van der Waals surface area (Å²) in [5.74, 6) is 1.04. The first-order chi connectivity index (χ1) is 7.77. The average Bonchev–Trinajstić information content (AvgIpc) is 2.79. The van der Waals surface area contributed by atoms with Crippen molar-refractivity contribution in [2.75, 3.05) is 38.1 Å². The monoisotopic (exact) mass is 332 g/mol. The minimum atomic E-state index is 1.03. The molecule has 0 unspecified atom stereocenters. The zero-order valence-electron chi connectivity index (χ0n) is 9.56. The van der Waals surface area contributed by atoms with Gasteiger partial charge in [-0.25, -0.2) is 9.97 Å². The smallest absolute Gasteiger partial charge is 0.145 e. The molecule has 0 amide bonds. The minimum Gasteiger partial charge on any atom is -0.357 e. The van der Waals surface area contributed by atoms with Crippen LogP contribution in [0.1, 0.15) is 12.8 Å². The van der Waals surface area contributed by atoms with Crippen LogP contribution in [-0.2, 0) is 0 Å². The van der Waals surface area contributed by atoms with E-state index < -0.39 is 0 Å². The third-order valence-electron chi connectivity index (χ3n) is 2.96. The summed E-state index contributed by atoms with van der Waals surface area (Å²) < 4.78 is 1.11. The highest BCUT2D eigenvalue weighted by molar-refractivity contribution is 14.1. The standard InChI is InChI=1S/C11H17IN4/c1-15(6-7-16-4-2-3-5-16)11-10(12)8-13-9-14-11/h8-9H,2-7H2,1H3. The van der Waals surface area contributed by atoms with Crippen molar-refractivity contribution in [3.8, 4) is 0 Å². The molecule has 0 saturated carbocycles. The maximum Gasteiger partial charge on any atom is 0.145 e. The van der Waals surface area contributed by atoms with Gasteiger partial charge in [0.15, 0.2) is 0 Å². The molecule has 0 aromatic carbocycles. The first-order valence-electron chi connectivity index (χ1n) is 5.66. The van der Waals surface area contributed by atoms with E-state index in [1.54, 1.807) is 6.33 Å². The van der Waals surface area contributed by atoms with E-state index in [9.17, 15) is 0 Å². The van der Waals surface area contributed by atoms with Gasteiger partial charge in [-0.1, -0.05) is 0 Å². The van der Waals surface area contributed by atoms with Gasteiger partial charge in [-0.05, 0) is 48.5 Å². The van der Waals surface area contributed by atoms with Gasteiger partial charge in [0.2, 0.25) is 0 Å². The molecular weight excluding hydrogens is 315 g/mol. The molecule has 0 spiro atoms. The normalized spacial score (nSPS) is 16.6. The van der Waals surface area contributed by atoms with E-state index in [0.717, 1.165) is 22.5 Å². The second kappa shape index (κ2) is 5.77. The van der Waals surface area contributed by atoms with Crippen LogP contribution in [0.3, 0.4) is 0 Å². The van der Waals surface area contributed by atoms with Crippen molar-refractivity contribution in [3.05, 3.63) is 16.1 Å². The van der Waals surface area contributed by atoms with E-state index in [1.165, 1.54) is 25.9 Å². The summed E-state index contributed by atoms with van der Waals surface area (Å²) in [4.78, 5) is 13.0. The number of likely N-dealkylation sites (tertiary alicyclic amines) is 1. The average molecular weight is 332 g/mol. The van der Waals surface area contributed by atoms with Gasteiger partial charge in [0.05, 0.1) is 3.57 Å². The summed E-state index contributed by atoms with van der Waals surface area (Å²) >= 11 is 2.28. The second-order valence-electron chi connectivity index (χ2n) is 4.16. The molecule has 0 N–H and O–H groups in total. The third-order valence-corrected chi connectivity index (χ3v) is 3.72. The third kappa shape index (κ3) is 3.04. The molecule has 1 aliphatic heterocycles. The first-order valence-corrected chi connectivity index (χ1v) is 6.74. The van der Waals surface area contributed by atoms with Crippen molar-refractivity contribution in [2.24, 2.45) is 0 Å². The van der Waals surface area contributed by atoms with Crippen molar-refractivity contribution >= 4 is 28.4 Å². The lowest BCUT2D eigenvalue weighted by Crippen LogP contribution is -2.32. The number of aromatic nitrogens is 2. The largest absolute Gasteiger partial charge is 0.357 e. The molecule has 0 aliphatic carbocycles. The van der Waals surface area contributed by atoms with Crippen molar-refractivity contribution in [2.45, 2.75) is 12.8 Å². The van der Waals surface area contributed by atoms with Crippen molar-refractivity contribution in [1.82, 2.24) is 14.9 Å². The number of nitrogens with zero attached hydrogens (tertiary/aromatic N) is 4. The highest BCUT2D eigenvalue weighted by Crippen LogP contribution is 2.16. The van der Waals surface area contributed by atoms with Gasteiger partial charge in [0.1, 0.15) is 12.1 Å². The lowest BCUT2D eigenvalue weighted by Gasteiger charge is -2.22. The molecule has 0 radical (unpaired) electrons. The summed E-state index contributed by atoms with van der Waals surface area (Å²) in [6.07, 6.45) is 6.18. The summed E-state index contributed by atoms with van der Waals surface area (Å²) in [6.45, 7) is 4.69. The number of anilines is 1. The van der Waals surface area contributed by atoms with Gasteiger partial charge in [-0.2, -0.15) is 0 Å². The summed E-state index contributed by atoms with van der Waals surface area (Å²) in [5.41, 5.74) is 0. The molecule has 88 valence electrons. The number of hydrogen-bond acceptors (Lipinski definition) is 4. The molecule has 0 bridgehead atoms. The van der Waals surface area contributed by atoms with Gasteiger partial charge < -0.3 is 9.80 Å². The molecule has 1 aromatic heterocycles. The van der Waals surface area contributed by atoms with Crippen molar-refractivity contribution in [1.29, 1.82) is 0 Å². The van der Waals surface area contributed by atoms with Gasteiger partial charge in [0, 0.05) is 26.3 Å². The lowest BCUT2D eigenvalue weighted by molar-refractivity contribution is 0.346. The Morgan fingerprint density at radius 1 is 1.44 bits per heavy atom. The quantitative estimate of drug-likeness (QED) is 0.785. The molecule has 5 heteroatoms. The fraction of sp³-hybridized carbons (Fsp3) is 0.636.